The van der Waals surface area contributed by atoms with Crippen molar-refractivity contribution in [2.75, 3.05) is 11.9 Å². The lowest BCUT2D eigenvalue weighted by atomic mass is 10.0. The van der Waals surface area contributed by atoms with Gasteiger partial charge in [0.25, 0.3) is 0 Å². The molecule has 1 aliphatic rings. The summed E-state index contributed by atoms with van der Waals surface area (Å²) in [7, 11) is 0. The van der Waals surface area contributed by atoms with Crippen LogP contribution in [0.1, 0.15) is 18.0 Å². The molecule has 0 radical (unpaired) electrons. The zero-order valence-electron chi connectivity index (χ0n) is 10.5. The van der Waals surface area contributed by atoms with Crippen LogP contribution < -0.4 is 10.1 Å². The van der Waals surface area contributed by atoms with Crippen molar-refractivity contribution in [1.82, 2.24) is 0 Å². The number of fused-ring (bicyclic) bond motifs is 1. The Hall–Kier alpha value is -1.26. The van der Waals surface area contributed by atoms with Crippen LogP contribution in [0, 0.1) is 5.82 Å². The van der Waals surface area contributed by atoms with Crippen LogP contribution in [0.15, 0.2) is 40.9 Å². The summed E-state index contributed by atoms with van der Waals surface area (Å²) in [5.41, 5.74) is 1.48. The predicted octanol–water partition coefficient (Wildman–Crippen LogP) is 5.18. The first-order chi connectivity index (χ1) is 9.63. The van der Waals surface area contributed by atoms with E-state index in [1.54, 1.807) is 12.1 Å². The lowest BCUT2D eigenvalue weighted by Gasteiger charge is -2.27. The van der Waals surface area contributed by atoms with Gasteiger partial charge in [-0.3, -0.25) is 0 Å². The molecule has 0 fully saturated rings. The van der Waals surface area contributed by atoms with Crippen LogP contribution in [0.2, 0.25) is 5.02 Å². The summed E-state index contributed by atoms with van der Waals surface area (Å²) in [5.74, 6) is 0.492. The van der Waals surface area contributed by atoms with Gasteiger partial charge in [-0.25, -0.2) is 4.39 Å². The van der Waals surface area contributed by atoms with Crippen LogP contribution in [0.25, 0.3) is 0 Å². The molecule has 1 atom stereocenters. The second-order valence-corrected chi connectivity index (χ2v) is 5.99. The Bertz CT molecular complexity index is 650. The number of hydrogen-bond acceptors (Lipinski definition) is 2. The third-order valence-electron chi connectivity index (χ3n) is 3.27. The summed E-state index contributed by atoms with van der Waals surface area (Å²) in [6, 6.07) is 10.5. The smallest absolute Gasteiger partial charge is 0.147 e. The van der Waals surface area contributed by atoms with Crippen molar-refractivity contribution in [2.45, 2.75) is 12.5 Å². The summed E-state index contributed by atoms with van der Waals surface area (Å²) in [6.45, 7) is 0.613. The fourth-order valence-electron chi connectivity index (χ4n) is 2.31. The standard InChI is InChI=1S/C15H12BrClFNO/c16-9-1-4-15-11(7-9)13(5-6-20-15)19-14-3-2-10(17)8-12(14)18/h1-4,7-8,13,19H,5-6H2. The van der Waals surface area contributed by atoms with Gasteiger partial charge in [0, 0.05) is 21.5 Å². The van der Waals surface area contributed by atoms with Gasteiger partial charge in [-0.05, 0) is 36.4 Å². The molecule has 1 unspecified atom stereocenters. The minimum Gasteiger partial charge on any atom is -0.493 e. The van der Waals surface area contributed by atoms with Crippen molar-refractivity contribution in [1.29, 1.82) is 0 Å². The van der Waals surface area contributed by atoms with Crippen molar-refractivity contribution in [2.24, 2.45) is 0 Å². The molecule has 0 saturated heterocycles. The molecule has 3 rings (SSSR count). The predicted molar refractivity (Wildman–Crippen MR) is 82.0 cm³/mol. The number of benzene rings is 2. The van der Waals surface area contributed by atoms with Crippen molar-refractivity contribution < 1.29 is 9.13 Å². The van der Waals surface area contributed by atoms with E-state index in [4.69, 9.17) is 16.3 Å². The highest BCUT2D eigenvalue weighted by Gasteiger charge is 2.22. The van der Waals surface area contributed by atoms with Crippen LogP contribution in [-0.2, 0) is 0 Å². The molecule has 0 saturated carbocycles. The minimum atomic E-state index is -0.347. The molecule has 20 heavy (non-hydrogen) atoms. The highest BCUT2D eigenvalue weighted by atomic mass is 79.9. The third kappa shape index (κ3) is 2.76. The maximum atomic E-state index is 13.9. The van der Waals surface area contributed by atoms with E-state index in [1.165, 1.54) is 6.07 Å². The molecule has 1 aliphatic heterocycles. The highest BCUT2D eigenvalue weighted by molar-refractivity contribution is 9.10. The van der Waals surface area contributed by atoms with Gasteiger partial charge in [-0.15, -0.1) is 0 Å². The van der Waals surface area contributed by atoms with Crippen LogP contribution in [0.4, 0.5) is 10.1 Å². The Morgan fingerprint density at radius 3 is 2.90 bits per heavy atom. The lowest BCUT2D eigenvalue weighted by Crippen LogP contribution is -2.20. The highest BCUT2D eigenvalue weighted by Crippen LogP contribution is 2.36. The lowest BCUT2D eigenvalue weighted by molar-refractivity contribution is 0.274. The normalized spacial score (nSPS) is 17.2. The van der Waals surface area contributed by atoms with Crippen LogP contribution in [0.5, 0.6) is 5.75 Å². The molecular weight excluding hydrogens is 345 g/mol. The van der Waals surface area contributed by atoms with E-state index in [9.17, 15) is 4.39 Å². The van der Waals surface area contributed by atoms with Gasteiger partial charge in [0.15, 0.2) is 0 Å². The van der Waals surface area contributed by atoms with Crippen LogP contribution in [0.3, 0.4) is 0 Å². The first-order valence-corrected chi connectivity index (χ1v) is 7.44. The number of halogens is 3. The van der Waals surface area contributed by atoms with E-state index < -0.39 is 0 Å². The Kier molecular flexibility index (Phi) is 3.85. The van der Waals surface area contributed by atoms with Crippen molar-refractivity contribution in [3.05, 3.63) is 57.3 Å². The van der Waals surface area contributed by atoms with E-state index in [2.05, 4.69) is 21.2 Å². The number of nitrogens with one attached hydrogen (secondary N) is 1. The summed E-state index contributed by atoms with van der Waals surface area (Å²) in [4.78, 5) is 0. The van der Waals surface area contributed by atoms with E-state index >= 15 is 0 Å². The fraction of sp³-hybridized carbons (Fsp3) is 0.200. The summed E-state index contributed by atoms with van der Waals surface area (Å²) >= 11 is 9.22. The first kappa shape index (κ1) is 13.7. The molecular formula is C15H12BrClFNO. The molecule has 2 nitrogen and oxygen atoms in total. The molecule has 0 aromatic heterocycles. The van der Waals surface area contributed by atoms with E-state index in [1.807, 2.05) is 18.2 Å². The molecule has 0 bridgehead atoms. The second kappa shape index (κ2) is 5.62. The summed E-state index contributed by atoms with van der Waals surface area (Å²) in [6.07, 6.45) is 0.783. The molecule has 1 heterocycles. The Morgan fingerprint density at radius 1 is 1.25 bits per heavy atom. The van der Waals surface area contributed by atoms with Crippen molar-refractivity contribution in [3.8, 4) is 5.75 Å². The van der Waals surface area contributed by atoms with Crippen LogP contribution in [-0.4, -0.2) is 6.61 Å². The van der Waals surface area contributed by atoms with Gasteiger partial charge in [0.1, 0.15) is 11.6 Å². The molecule has 104 valence electrons. The monoisotopic (exact) mass is 355 g/mol. The molecule has 5 heteroatoms. The first-order valence-electron chi connectivity index (χ1n) is 6.27. The molecule has 0 amide bonds. The zero-order chi connectivity index (χ0) is 14.1. The van der Waals surface area contributed by atoms with Gasteiger partial charge in [0.2, 0.25) is 0 Å². The topological polar surface area (TPSA) is 21.3 Å². The minimum absolute atomic E-state index is 0.0203. The Labute approximate surface area is 130 Å². The maximum Gasteiger partial charge on any atom is 0.147 e. The summed E-state index contributed by atoms with van der Waals surface area (Å²) < 4.78 is 20.5. The molecule has 2 aromatic rings. The molecule has 0 aliphatic carbocycles. The third-order valence-corrected chi connectivity index (χ3v) is 4.00. The van der Waals surface area contributed by atoms with Crippen molar-refractivity contribution >= 4 is 33.2 Å². The maximum absolute atomic E-state index is 13.9. The van der Waals surface area contributed by atoms with Gasteiger partial charge in [0.05, 0.1) is 18.3 Å². The zero-order valence-corrected chi connectivity index (χ0v) is 12.8. The van der Waals surface area contributed by atoms with Crippen LogP contribution >= 0.6 is 27.5 Å². The quantitative estimate of drug-likeness (QED) is 0.801. The molecule has 1 N–H and O–H groups in total. The number of anilines is 1. The van der Waals surface area contributed by atoms with E-state index in [0.717, 1.165) is 22.2 Å². The van der Waals surface area contributed by atoms with E-state index in [0.29, 0.717) is 17.3 Å². The summed E-state index contributed by atoms with van der Waals surface area (Å²) in [5, 5.41) is 3.62. The van der Waals surface area contributed by atoms with Gasteiger partial charge in [-0.1, -0.05) is 27.5 Å². The number of hydrogen-bond donors (Lipinski definition) is 1. The average molecular weight is 357 g/mol. The Morgan fingerprint density at radius 2 is 2.10 bits per heavy atom. The average Bonchev–Trinajstić information content (AvgIpc) is 2.42. The fourth-order valence-corrected chi connectivity index (χ4v) is 2.85. The number of rotatable bonds is 2. The van der Waals surface area contributed by atoms with Gasteiger partial charge >= 0.3 is 0 Å². The Balaban J connectivity index is 1.91. The molecule has 0 spiro atoms. The second-order valence-electron chi connectivity index (χ2n) is 4.64. The van der Waals surface area contributed by atoms with Gasteiger partial charge in [-0.2, -0.15) is 0 Å². The van der Waals surface area contributed by atoms with E-state index in [-0.39, 0.29) is 11.9 Å². The van der Waals surface area contributed by atoms with Crippen molar-refractivity contribution in [3.63, 3.8) is 0 Å². The largest absolute Gasteiger partial charge is 0.493 e. The molecule has 2 aromatic carbocycles. The SMILES string of the molecule is Fc1cc(Cl)ccc1NC1CCOc2ccc(Br)cc21. The number of ether oxygens (including phenoxy) is 1. The van der Waals surface area contributed by atoms with Gasteiger partial charge < -0.3 is 10.1 Å².